The molecule has 2 rings (SSSR count). The number of benzene rings is 1. The van der Waals surface area contributed by atoms with E-state index >= 15 is 0 Å². The standard InChI is InChI=1S/C10H10F2N2O/c11-8-2-1-5(3-9(8)12)6-4-7(6)10(15)14-13/h1-3,6-7H,4,13H2,(H,14,15)/t6-,7+/m0/s1. The fourth-order valence-corrected chi connectivity index (χ4v) is 1.70. The molecular formula is C10H10F2N2O. The maximum absolute atomic E-state index is 12.9. The lowest BCUT2D eigenvalue weighted by atomic mass is 10.1. The molecule has 0 bridgehead atoms. The number of carbonyl (C=O) groups excluding carboxylic acids is 1. The summed E-state index contributed by atoms with van der Waals surface area (Å²) in [6.07, 6.45) is 0.633. The van der Waals surface area contributed by atoms with Gasteiger partial charge in [0.2, 0.25) is 5.91 Å². The fraction of sp³-hybridized carbons (Fsp3) is 0.300. The smallest absolute Gasteiger partial charge is 0.237 e. The lowest BCUT2D eigenvalue weighted by Crippen LogP contribution is -2.31. The zero-order chi connectivity index (χ0) is 11.0. The number of hydrogen-bond acceptors (Lipinski definition) is 2. The molecule has 0 radical (unpaired) electrons. The molecule has 1 amide bonds. The Morgan fingerprint density at radius 3 is 2.73 bits per heavy atom. The number of hydrogen-bond donors (Lipinski definition) is 2. The Balaban J connectivity index is 2.13. The van der Waals surface area contributed by atoms with Crippen LogP contribution in [0, 0.1) is 17.6 Å². The minimum Gasteiger partial charge on any atom is -0.294 e. The molecule has 0 aliphatic heterocycles. The first-order chi connectivity index (χ1) is 7.13. The third-order valence-electron chi connectivity index (χ3n) is 2.64. The van der Waals surface area contributed by atoms with Crippen molar-refractivity contribution in [2.45, 2.75) is 12.3 Å². The average molecular weight is 212 g/mol. The first-order valence-electron chi connectivity index (χ1n) is 4.59. The fourth-order valence-electron chi connectivity index (χ4n) is 1.70. The van der Waals surface area contributed by atoms with E-state index in [1.54, 1.807) is 0 Å². The molecule has 0 unspecified atom stereocenters. The molecule has 2 atom stereocenters. The molecule has 0 aromatic heterocycles. The van der Waals surface area contributed by atoms with Crippen molar-refractivity contribution >= 4 is 5.91 Å². The number of hydrazine groups is 1. The Morgan fingerprint density at radius 2 is 2.13 bits per heavy atom. The Hall–Kier alpha value is -1.49. The highest BCUT2D eigenvalue weighted by atomic mass is 19.2. The molecule has 5 heteroatoms. The molecule has 1 aliphatic carbocycles. The second kappa shape index (κ2) is 3.58. The molecule has 3 nitrogen and oxygen atoms in total. The highest BCUT2D eigenvalue weighted by molar-refractivity contribution is 5.82. The number of nitrogens with one attached hydrogen (secondary N) is 1. The Labute approximate surface area is 85.2 Å². The molecule has 0 heterocycles. The Kier molecular flexibility index (Phi) is 2.40. The Morgan fingerprint density at radius 1 is 1.40 bits per heavy atom. The summed E-state index contributed by atoms with van der Waals surface area (Å²) >= 11 is 0. The summed E-state index contributed by atoms with van der Waals surface area (Å²) in [5.41, 5.74) is 2.69. The molecule has 1 aromatic carbocycles. The average Bonchev–Trinajstić information content (AvgIpc) is 3.01. The molecule has 1 aromatic rings. The minimum atomic E-state index is -0.883. The normalized spacial score (nSPS) is 23.7. The van der Waals surface area contributed by atoms with Crippen molar-refractivity contribution in [1.82, 2.24) is 5.43 Å². The topological polar surface area (TPSA) is 55.1 Å². The van der Waals surface area contributed by atoms with Crippen molar-refractivity contribution in [2.75, 3.05) is 0 Å². The van der Waals surface area contributed by atoms with Gasteiger partial charge in [-0.25, -0.2) is 14.6 Å². The number of halogens is 2. The van der Waals surface area contributed by atoms with Gasteiger partial charge in [-0.3, -0.25) is 10.2 Å². The highest BCUT2D eigenvalue weighted by Crippen LogP contribution is 2.47. The van der Waals surface area contributed by atoms with Crippen LogP contribution in [0.1, 0.15) is 17.9 Å². The number of carbonyl (C=O) groups is 1. The molecule has 1 saturated carbocycles. The summed E-state index contributed by atoms with van der Waals surface area (Å²) in [6, 6.07) is 3.69. The van der Waals surface area contributed by atoms with Crippen LogP contribution in [0.2, 0.25) is 0 Å². The van der Waals surface area contributed by atoms with Gasteiger partial charge in [0, 0.05) is 5.92 Å². The molecule has 15 heavy (non-hydrogen) atoms. The number of nitrogens with two attached hydrogens (primary N) is 1. The Bertz CT molecular complexity index is 408. The molecule has 1 aliphatic rings. The van der Waals surface area contributed by atoms with E-state index < -0.39 is 11.6 Å². The van der Waals surface area contributed by atoms with Gasteiger partial charge >= 0.3 is 0 Å². The van der Waals surface area contributed by atoms with Gasteiger partial charge in [0.15, 0.2) is 11.6 Å². The summed E-state index contributed by atoms with van der Waals surface area (Å²) in [5.74, 6) is 2.71. The van der Waals surface area contributed by atoms with Crippen LogP contribution in [0.15, 0.2) is 18.2 Å². The second-order valence-corrected chi connectivity index (χ2v) is 3.63. The van der Waals surface area contributed by atoms with Gasteiger partial charge in [-0.1, -0.05) is 6.07 Å². The lowest BCUT2D eigenvalue weighted by Gasteiger charge is -2.00. The second-order valence-electron chi connectivity index (χ2n) is 3.63. The molecule has 80 valence electrons. The van der Waals surface area contributed by atoms with Crippen LogP contribution in [0.4, 0.5) is 8.78 Å². The predicted molar refractivity (Wildman–Crippen MR) is 49.5 cm³/mol. The van der Waals surface area contributed by atoms with Crippen molar-refractivity contribution < 1.29 is 13.6 Å². The van der Waals surface area contributed by atoms with Gasteiger partial charge in [-0.2, -0.15) is 0 Å². The van der Waals surface area contributed by atoms with Gasteiger partial charge < -0.3 is 0 Å². The van der Waals surface area contributed by atoms with Crippen LogP contribution in [0.25, 0.3) is 0 Å². The van der Waals surface area contributed by atoms with Crippen molar-refractivity contribution in [3.63, 3.8) is 0 Å². The zero-order valence-electron chi connectivity index (χ0n) is 7.84. The number of amides is 1. The van der Waals surface area contributed by atoms with Gasteiger partial charge in [0.1, 0.15) is 0 Å². The van der Waals surface area contributed by atoms with E-state index in [4.69, 9.17) is 5.84 Å². The van der Waals surface area contributed by atoms with Gasteiger partial charge in [0.25, 0.3) is 0 Å². The summed E-state index contributed by atoms with van der Waals surface area (Å²) in [6.45, 7) is 0. The van der Waals surface area contributed by atoms with E-state index in [1.165, 1.54) is 6.07 Å². The maximum atomic E-state index is 12.9. The highest BCUT2D eigenvalue weighted by Gasteiger charge is 2.43. The summed E-state index contributed by atoms with van der Waals surface area (Å²) < 4.78 is 25.5. The molecule has 0 saturated heterocycles. The lowest BCUT2D eigenvalue weighted by molar-refractivity contribution is -0.122. The SMILES string of the molecule is NNC(=O)[C@@H]1C[C@H]1c1ccc(F)c(F)c1. The van der Waals surface area contributed by atoms with Crippen molar-refractivity contribution in [3.05, 3.63) is 35.4 Å². The molecular weight excluding hydrogens is 202 g/mol. The maximum Gasteiger partial charge on any atom is 0.237 e. The molecule has 0 spiro atoms. The summed E-state index contributed by atoms with van der Waals surface area (Å²) in [7, 11) is 0. The molecule has 3 N–H and O–H groups in total. The zero-order valence-corrected chi connectivity index (χ0v) is 7.84. The van der Waals surface area contributed by atoms with Crippen LogP contribution >= 0.6 is 0 Å². The van der Waals surface area contributed by atoms with Crippen LogP contribution in [-0.4, -0.2) is 5.91 Å². The van der Waals surface area contributed by atoms with Crippen LogP contribution in [-0.2, 0) is 4.79 Å². The van der Waals surface area contributed by atoms with Crippen molar-refractivity contribution in [2.24, 2.45) is 11.8 Å². The first-order valence-corrected chi connectivity index (χ1v) is 4.59. The van der Waals surface area contributed by atoms with Crippen LogP contribution < -0.4 is 11.3 Å². The van der Waals surface area contributed by atoms with Crippen molar-refractivity contribution in [1.29, 1.82) is 0 Å². The summed E-state index contributed by atoms with van der Waals surface area (Å²) in [5, 5.41) is 0. The van der Waals surface area contributed by atoms with E-state index in [2.05, 4.69) is 0 Å². The van der Waals surface area contributed by atoms with Gasteiger partial charge in [0.05, 0.1) is 0 Å². The van der Waals surface area contributed by atoms with E-state index in [0.29, 0.717) is 12.0 Å². The van der Waals surface area contributed by atoms with E-state index in [9.17, 15) is 13.6 Å². The van der Waals surface area contributed by atoms with Crippen molar-refractivity contribution in [3.8, 4) is 0 Å². The quantitative estimate of drug-likeness (QED) is 0.437. The van der Waals surface area contributed by atoms with Gasteiger partial charge in [-0.15, -0.1) is 0 Å². The predicted octanol–water partition coefficient (Wildman–Crippen LogP) is 1.06. The van der Waals surface area contributed by atoms with E-state index in [0.717, 1.165) is 12.1 Å². The van der Waals surface area contributed by atoms with E-state index in [-0.39, 0.29) is 17.7 Å². The number of rotatable bonds is 2. The van der Waals surface area contributed by atoms with E-state index in [1.807, 2.05) is 5.43 Å². The van der Waals surface area contributed by atoms with Gasteiger partial charge in [-0.05, 0) is 30.0 Å². The molecule has 1 fully saturated rings. The minimum absolute atomic E-state index is 0.0383. The third kappa shape index (κ3) is 1.83. The first kappa shape index (κ1) is 10.0. The van der Waals surface area contributed by atoms with Crippen LogP contribution in [0.3, 0.4) is 0 Å². The summed E-state index contributed by atoms with van der Waals surface area (Å²) in [4.78, 5) is 11.1. The monoisotopic (exact) mass is 212 g/mol. The third-order valence-corrected chi connectivity index (χ3v) is 2.64. The van der Waals surface area contributed by atoms with Crippen LogP contribution in [0.5, 0.6) is 0 Å². The largest absolute Gasteiger partial charge is 0.294 e.